The Balaban J connectivity index is 1.14. The third kappa shape index (κ3) is 4.33. The maximum absolute atomic E-state index is 6.52. The van der Waals surface area contributed by atoms with Crippen LogP contribution in [0.1, 0.15) is 45.1 Å². The van der Waals surface area contributed by atoms with E-state index in [-0.39, 0.29) is 6.17 Å². The fourth-order valence-corrected chi connectivity index (χ4v) is 8.14. The van der Waals surface area contributed by atoms with Gasteiger partial charge < -0.3 is 10.1 Å². The number of aliphatic imine (C=N–C) groups is 1. The molecule has 0 saturated heterocycles. The van der Waals surface area contributed by atoms with Gasteiger partial charge in [-0.1, -0.05) is 158 Å². The second kappa shape index (κ2) is 11.3. The summed E-state index contributed by atoms with van der Waals surface area (Å²) in [6, 6.07) is 62.6. The predicted octanol–water partition coefficient (Wildman–Crippen LogP) is 11.0. The van der Waals surface area contributed by atoms with Gasteiger partial charge in [0.05, 0.1) is 11.1 Å². The molecule has 1 atom stereocenters. The summed E-state index contributed by atoms with van der Waals surface area (Å²) in [4.78, 5) is 5.33. The summed E-state index contributed by atoms with van der Waals surface area (Å²) in [7, 11) is 0. The molecule has 0 amide bonds. The lowest BCUT2D eigenvalue weighted by atomic mass is 9.66. The van der Waals surface area contributed by atoms with Crippen LogP contribution in [0.2, 0.25) is 0 Å². The van der Waals surface area contributed by atoms with Gasteiger partial charge >= 0.3 is 0 Å². The van der Waals surface area contributed by atoms with Crippen LogP contribution in [0.4, 0.5) is 0 Å². The zero-order chi connectivity index (χ0) is 33.1. The Hall–Kier alpha value is -6.45. The van der Waals surface area contributed by atoms with Crippen molar-refractivity contribution >= 4 is 11.4 Å². The van der Waals surface area contributed by atoms with Gasteiger partial charge in [-0.3, -0.25) is 4.99 Å². The Bertz CT molecular complexity index is 2430. The molecule has 7 aromatic carbocycles. The summed E-state index contributed by atoms with van der Waals surface area (Å²) in [5.74, 6) is 1.80. The molecule has 0 radical (unpaired) electrons. The van der Waals surface area contributed by atoms with Crippen LogP contribution in [0.25, 0.3) is 28.0 Å². The van der Waals surface area contributed by atoms with Crippen LogP contribution >= 0.6 is 0 Å². The van der Waals surface area contributed by atoms with E-state index >= 15 is 0 Å². The fourth-order valence-electron chi connectivity index (χ4n) is 8.14. The van der Waals surface area contributed by atoms with Crippen molar-refractivity contribution in [3.63, 3.8) is 0 Å². The van der Waals surface area contributed by atoms with Crippen LogP contribution in [0.3, 0.4) is 0 Å². The molecule has 236 valence electrons. The highest BCUT2D eigenvalue weighted by molar-refractivity contribution is 6.14. The van der Waals surface area contributed by atoms with E-state index in [1.165, 1.54) is 44.5 Å². The van der Waals surface area contributed by atoms with Gasteiger partial charge in [0.2, 0.25) is 0 Å². The first-order chi connectivity index (χ1) is 24.8. The van der Waals surface area contributed by atoms with Crippen molar-refractivity contribution in [2.75, 3.05) is 0 Å². The van der Waals surface area contributed by atoms with E-state index in [2.05, 4.69) is 187 Å². The predicted molar refractivity (Wildman–Crippen MR) is 203 cm³/mol. The van der Waals surface area contributed by atoms with Crippen LogP contribution in [0, 0.1) is 0 Å². The first-order valence-electron chi connectivity index (χ1n) is 17.2. The zero-order valence-corrected chi connectivity index (χ0v) is 27.3. The number of nitrogens with one attached hydrogen (secondary N) is 1. The molecule has 3 aliphatic rings. The Kier molecular flexibility index (Phi) is 6.47. The van der Waals surface area contributed by atoms with Gasteiger partial charge in [0.1, 0.15) is 17.7 Å². The normalized spacial score (nSPS) is 16.1. The molecule has 0 saturated carbocycles. The van der Waals surface area contributed by atoms with E-state index in [4.69, 9.17) is 9.73 Å². The highest BCUT2D eigenvalue weighted by Crippen LogP contribution is 2.62. The molecular formula is C47H32N2O. The molecule has 1 spiro atoms. The number of allylic oxidation sites excluding steroid dienone is 1. The number of hydrogen-bond acceptors (Lipinski definition) is 3. The Morgan fingerprint density at radius 3 is 1.72 bits per heavy atom. The van der Waals surface area contributed by atoms with E-state index in [9.17, 15) is 0 Å². The average Bonchev–Trinajstić information content (AvgIpc) is 3.48. The molecule has 1 unspecified atom stereocenters. The van der Waals surface area contributed by atoms with Gasteiger partial charge in [0.15, 0.2) is 0 Å². The van der Waals surface area contributed by atoms with Gasteiger partial charge in [-0.25, -0.2) is 0 Å². The molecule has 0 fully saturated rings. The standard InChI is InChI=1S/C47H32N2O/c1-3-13-31(14-4-1)32-23-25-33(26-24-32)42-30-43(49-46(48-42)34-15-5-2-6-16-34)35-27-28-39-37(29-35)36-17-7-8-18-38(36)47(39)40-19-9-11-21-44(40)50-45-22-12-10-20-41(45)47/h1-30,46,48H. The number of para-hydroxylation sites is 2. The molecule has 2 heterocycles. The molecule has 1 N–H and O–H groups in total. The van der Waals surface area contributed by atoms with Crippen molar-refractivity contribution in [2.45, 2.75) is 11.6 Å². The minimum atomic E-state index is -0.486. The number of fused-ring (bicyclic) bond motifs is 9. The van der Waals surface area contributed by atoms with E-state index in [1.54, 1.807) is 0 Å². The van der Waals surface area contributed by atoms with Crippen LogP contribution in [0.15, 0.2) is 187 Å². The van der Waals surface area contributed by atoms with Crippen molar-refractivity contribution in [1.29, 1.82) is 0 Å². The van der Waals surface area contributed by atoms with Gasteiger partial charge in [-0.15, -0.1) is 0 Å². The lowest BCUT2D eigenvalue weighted by Gasteiger charge is -2.39. The summed E-state index contributed by atoms with van der Waals surface area (Å²) in [6.45, 7) is 0. The number of hydrogen-bond donors (Lipinski definition) is 1. The summed E-state index contributed by atoms with van der Waals surface area (Å²) >= 11 is 0. The van der Waals surface area contributed by atoms with E-state index in [1.807, 2.05) is 0 Å². The third-order valence-corrected chi connectivity index (χ3v) is 10.4. The zero-order valence-electron chi connectivity index (χ0n) is 27.3. The molecule has 50 heavy (non-hydrogen) atoms. The van der Waals surface area contributed by atoms with E-state index < -0.39 is 5.41 Å². The number of nitrogens with zero attached hydrogens (tertiary/aromatic N) is 1. The number of rotatable bonds is 4. The Labute approximate surface area is 291 Å². The first kappa shape index (κ1) is 28.6. The molecule has 3 nitrogen and oxygen atoms in total. The molecule has 3 heteroatoms. The van der Waals surface area contributed by atoms with Crippen molar-refractivity contribution < 1.29 is 4.74 Å². The average molecular weight is 641 g/mol. The monoisotopic (exact) mass is 640 g/mol. The van der Waals surface area contributed by atoms with Gasteiger partial charge in [-0.05, 0) is 68.8 Å². The lowest BCUT2D eigenvalue weighted by molar-refractivity contribution is 0.436. The highest BCUT2D eigenvalue weighted by atomic mass is 16.5. The summed E-state index contributed by atoms with van der Waals surface area (Å²) in [5.41, 5.74) is 14.6. The third-order valence-electron chi connectivity index (χ3n) is 10.4. The topological polar surface area (TPSA) is 33.6 Å². The highest BCUT2D eigenvalue weighted by Gasteiger charge is 2.51. The minimum absolute atomic E-state index is 0.221. The maximum atomic E-state index is 6.52. The van der Waals surface area contributed by atoms with Crippen LogP contribution in [-0.4, -0.2) is 5.71 Å². The summed E-state index contributed by atoms with van der Waals surface area (Å²) in [6.07, 6.45) is 1.98. The minimum Gasteiger partial charge on any atom is -0.457 e. The molecule has 0 aromatic heterocycles. The number of ether oxygens (including phenoxy) is 1. The van der Waals surface area contributed by atoms with Crippen LogP contribution < -0.4 is 10.1 Å². The van der Waals surface area contributed by atoms with Gasteiger partial charge in [0.25, 0.3) is 0 Å². The van der Waals surface area contributed by atoms with Crippen LogP contribution in [-0.2, 0) is 5.41 Å². The van der Waals surface area contributed by atoms with Crippen LogP contribution in [0.5, 0.6) is 11.5 Å². The summed E-state index contributed by atoms with van der Waals surface area (Å²) in [5, 5.41) is 3.74. The van der Waals surface area contributed by atoms with Crippen molar-refractivity contribution in [2.24, 2.45) is 4.99 Å². The molecule has 7 aromatic rings. The lowest BCUT2D eigenvalue weighted by Crippen LogP contribution is -2.32. The van der Waals surface area contributed by atoms with Crippen molar-refractivity contribution in [3.8, 4) is 33.8 Å². The van der Waals surface area contributed by atoms with E-state index in [0.717, 1.165) is 39.6 Å². The molecule has 10 rings (SSSR count). The quantitative estimate of drug-likeness (QED) is 0.208. The molecular weight excluding hydrogens is 609 g/mol. The molecule has 2 aliphatic heterocycles. The van der Waals surface area contributed by atoms with Crippen molar-refractivity contribution in [3.05, 3.63) is 221 Å². The Morgan fingerprint density at radius 1 is 0.460 bits per heavy atom. The Morgan fingerprint density at radius 2 is 1.00 bits per heavy atom. The SMILES string of the molecule is C1=C(c2ccc(-c3ccccc3)cc2)NC(c2ccccc2)N=C1c1ccc2c(c1)-c1ccccc1C21c2ccccc2Oc2ccccc21. The molecule has 1 aliphatic carbocycles. The smallest absolute Gasteiger partial charge is 0.145 e. The molecule has 0 bridgehead atoms. The largest absolute Gasteiger partial charge is 0.457 e. The first-order valence-corrected chi connectivity index (χ1v) is 17.2. The summed E-state index contributed by atoms with van der Waals surface area (Å²) < 4.78 is 6.52. The second-order valence-corrected chi connectivity index (χ2v) is 13.1. The van der Waals surface area contributed by atoms with Gasteiger partial charge in [-0.2, -0.15) is 0 Å². The van der Waals surface area contributed by atoms with Gasteiger partial charge in [0, 0.05) is 22.4 Å². The maximum Gasteiger partial charge on any atom is 0.145 e. The second-order valence-electron chi connectivity index (χ2n) is 13.1. The fraction of sp³-hybridized carbons (Fsp3) is 0.0426. The number of benzene rings is 7. The van der Waals surface area contributed by atoms with E-state index in [0.29, 0.717) is 0 Å². The van der Waals surface area contributed by atoms with Crippen molar-refractivity contribution in [1.82, 2.24) is 5.32 Å².